The normalized spacial score (nSPS) is 10.8. The Kier molecular flexibility index (Phi) is 1.90. The molecule has 2 N–H and O–H groups in total. The van der Waals surface area contributed by atoms with E-state index in [1.807, 2.05) is 30.3 Å². The van der Waals surface area contributed by atoms with Crippen LogP contribution in [0.3, 0.4) is 0 Å². The molecule has 0 fully saturated rings. The van der Waals surface area contributed by atoms with Gasteiger partial charge in [-0.3, -0.25) is 0 Å². The number of phenolic OH excluding ortho intramolecular Hbond substituents is 1. The van der Waals surface area contributed by atoms with E-state index in [4.69, 9.17) is 0 Å². The fourth-order valence-electron chi connectivity index (χ4n) is 1.83. The Hall–Kier alpha value is -2.29. The molecule has 0 aliphatic carbocycles. The summed E-state index contributed by atoms with van der Waals surface area (Å²) in [5.41, 5.74) is 0.726. The van der Waals surface area contributed by atoms with Crippen LogP contribution in [-0.4, -0.2) is 15.1 Å². The Bertz CT molecular complexity index is 629. The lowest BCUT2D eigenvalue weighted by Crippen LogP contribution is -1.82. The number of nitrogens with one attached hydrogen (secondary N) is 1. The third kappa shape index (κ3) is 1.34. The minimum atomic E-state index is 0.244. The Labute approximate surface area is 92.4 Å². The Morgan fingerprint density at radius 1 is 1.06 bits per heavy atom. The van der Waals surface area contributed by atoms with E-state index in [1.54, 1.807) is 18.5 Å². The van der Waals surface area contributed by atoms with Gasteiger partial charge < -0.3 is 10.1 Å². The number of benzene rings is 2. The monoisotopic (exact) mass is 210 g/mol. The van der Waals surface area contributed by atoms with Crippen molar-refractivity contribution in [1.82, 2.24) is 9.97 Å². The molecule has 0 atom stereocenters. The summed E-state index contributed by atoms with van der Waals surface area (Å²) in [6.07, 6.45) is 3.41. The fraction of sp³-hybridized carbons (Fsp3) is 0. The number of fused-ring (bicyclic) bond motifs is 1. The van der Waals surface area contributed by atoms with Gasteiger partial charge in [-0.25, -0.2) is 4.98 Å². The summed E-state index contributed by atoms with van der Waals surface area (Å²) in [5, 5.41) is 12.0. The molecule has 0 aliphatic heterocycles. The van der Waals surface area contributed by atoms with Gasteiger partial charge in [-0.2, -0.15) is 0 Å². The summed E-state index contributed by atoms with van der Waals surface area (Å²) >= 11 is 0. The van der Waals surface area contributed by atoms with Crippen LogP contribution in [0.1, 0.15) is 0 Å². The molecule has 1 aromatic heterocycles. The second kappa shape index (κ2) is 3.38. The molecule has 0 spiro atoms. The second-order valence-electron chi connectivity index (χ2n) is 3.65. The van der Waals surface area contributed by atoms with Crippen LogP contribution >= 0.6 is 0 Å². The minimum absolute atomic E-state index is 0.244. The molecule has 0 aliphatic rings. The lowest BCUT2D eigenvalue weighted by Gasteiger charge is -2.04. The van der Waals surface area contributed by atoms with Crippen molar-refractivity contribution in [3.63, 3.8) is 0 Å². The molecule has 3 nitrogen and oxygen atoms in total. The average Bonchev–Trinajstić information content (AvgIpc) is 2.81. The van der Waals surface area contributed by atoms with Gasteiger partial charge in [-0.05, 0) is 22.9 Å². The molecule has 16 heavy (non-hydrogen) atoms. The SMILES string of the molecule is Oc1cc2ccccc2cc1-c1ncc[nH]1. The van der Waals surface area contributed by atoms with Crippen LogP contribution in [0.2, 0.25) is 0 Å². The van der Waals surface area contributed by atoms with E-state index in [9.17, 15) is 5.11 Å². The van der Waals surface area contributed by atoms with E-state index in [0.29, 0.717) is 5.82 Å². The zero-order valence-corrected chi connectivity index (χ0v) is 8.51. The standard InChI is InChI=1S/C13H10N2O/c16-12-8-10-4-2-1-3-9(10)7-11(12)13-14-5-6-15-13/h1-8,16H,(H,14,15). The van der Waals surface area contributed by atoms with Crippen molar-refractivity contribution in [1.29, 1.82) is 0 Å². The first-order valence-corrected chi connectivity index (χ1v) is 5.06. The number of aromatic nitrogens is 2. The van der Waals surface area contributed by atoms with Gasteiger partial charge in [0.1, 0.15) is 11.6 Å². The molecule has 0 saturated carbocycles. The Morgan fingerprint density at radius 2 is 1.81 bits per heavy atom. The second-order valence-corrected chi connectivity index (χ2v) is 3.65. The smallest absolute Gasteiger partial charge is 0.141 e. The average molecular weight is 210 g/mol. The summed E-state index contributed by atoms with van der Waals surface area (Å²) in [6.45, 7) is 0. The molecule has 0 radical (unpaired) electrons. The highest BCUT2D eigenvalue weighted by molar-refractivity contribution is 5.89. The summed E-state index contributed by atoms with van der Waals surface area (Å²) in [4.78, 5) is 7.13. The first-order chi connectivity index (χ1) is 7.84. The van der Waals surface area contributed by atoms with E-state index in [-0.39, 0.29) is 5.75 Å². The molecular formula is C13H10N2O. The third-order valence-corrected chi connectivity index (χ3v) is 2.62. The Morgan fingerprint density at radius 3 is 2.50 bits per heavy atom. The molecule has 0 saturated heterocycles. The van der Waals surface area contributed by atoms with Crippen molar-refractivity contribution in [2.75, 3.05) is 0 Å². The predicted molar refractivity (Wildman–Crippen MR) is 63.2 cm³/mol. The number of rotatable bonds is 1. The van der Waals surface area contributed by atoms with Gasteiger partial charge in [0.15, 0.2) is 0 Å². The van der Waals surface area contributed by atoms with Gasteiger partial charge in [0.2, 0.25) is 0 Å². The van der Waals surface area contributed by atoms with Crippen LogP contribution in [0, 0.1) is 0 Å². The number of nitrogens with zero attached hydrogens (tertiary/aromatic N) is 1. The van der Waals surface area contributed by atoms with Gasteiger partial charge in [-0.1, -0.05) is 24.3 Å². The van der Waals surface area contributed by atoms with Crippen molar-refractivity contribution >= 4 is 10.8 Å². The fourth-order valence-corrected chi connectivity index (χ4v) is 1.83. The topological polar surface area (TPSA) is 48.9 Å². The quantitative estimate of drug-likeness (QED) is 0.648. The van der Waals surface area contributed by atoms with Crippen LogP contribution in [0.25, 0.3) is 22.2 Å². The lowest BCUT2D eigenvalue weighted by molar-refractivity contribution is 0.478. The van der Waals surface area contributed by atoms with Gasteiger partial charge in [-0.15, -0.1) is 0 Å². The first kappa shape index (κ1) is 8.97. The number of aromatic amines is 1. The molecule has 0 amide bonds. The highest BCUT2D eigenvalue weighted by Gasteiger charge is 2.07. The van der Waals surface area contributed by atoms with E-state index >= 15 is 0 Å². The first-order valence-electron chi connectivity index (χ1n) is 5.06. The molecule has 3 heteroatoms. The van der Waals surface area contributed by atoms with Gasteiger partial charge in [0.25, 0.3) is 0 Å². The van der Waals surface area contributed by atoms with Crippen LogP contribution in [0.4, 0.5) is 0 Å². The van der Waals surface area contributed by atoms with Crippen LogP contribution < -0.4 is 0 Å². The maximum absolute atomic E-state index is 9.92. The number of imidazole rings is 1. The molecule has 3 aromatic rings. The molecule has 0 bridgehead atoms. The highest BCUT2D eigenvalue weighted by atomic mass is 16.3. The summed E-state index contributed by atoms with van der Waals surface area (Å²) < 4.78 is 0. The third-order valence-electron chi connectivity index (χ3n) is 2.62. The lowest BCUT2D eigenvalue weighted by atomic mass is 10.1. The number of H-pyrrole nitrogens is 1. The van der Waals surface area contributed by atoms with E-state index in [0.717, 1.165) is 16.3 Å². The van der Waals surface area contributed by atoms with Crippen molar-refractivity contribution in [2.45, 2.75) is 0 Å². The number of hydrogen-bond acceptors (Lipinski definition) is 2. The highest BCUT2D eigenvalue weighted by Crippen LogP contribution is 2.31. The van der Waals surface area contributed by atoms with Crippen molar-refractivity contribution < 1.29 is 5.11 Å². The molecule has 1 heterocycles. The van der Waals surface area contributed by atoms with Gasteiger partial charge in [0.05, 0.1) is 5.56 Å². The van der Waals surface area contributed by atoms with Crippen LogP contribution in [0.15, 0.2) is 48.8 Å². The van der Waals surface area contributed by atoms with E-state index in [1.165, 1.54) is 0 Å². The largest absolute Gasteiger partial charge is 0.507 e. The minimum Gasteiger partial charge on any atom is -0.507 e. The summed E-state index contributed by atoms with van der Waals surface area (Å²) in [7, 11) is 0. The summed E-state index contributed by atoms with van der Waals surface area (Å²) in [5.74, 6) is 0.928. The maximum Gasteiger partial charge on any atom is 0.141 e. The van der Waals surface area contributed by atoms with Crippen LogP contribution in [0.5, 0.6) is 5.75 Å². The van der Waals surface area contributed by atoms with Gasteiger partial charge in [0, 0.05) is 12.4 Å². The van der Waals surface area contributed by atoms with Crippen molar-refractivity contribution in [2.24, 2.45) is 0 Å². The number of aromatic hydroxyl groups is 1. The molecule has 3 rings (SSSR count). The molecular weight excluding hydrogens is 200 g/mol. The van der Waals surface area contributed by atoms with Crippen molar-refractivity contribution in [3.8, 4) is 17.1 Å². The molecule has 0 unspecified atom stereocenters. The zero-order valence-electron chi connectivity index (χ0n) is 8.51. The van der Waals surface area contributed by atoms with Crippen molar-refractivity contribution in [3.05, 3.63) is 48.8 Å². The van der Waals surface area contributed by atoms with Gasteiger partial charge >= 0.3 is 0 Å². The van der Waals surface area contributed by atoms with E-state index < -0.39 is 0 Å². The number of phenols is 1. The summed E-state index contributed by atoms with van der Waals surface area (Å²) in [6, 6.07) is 11.6. The maximum atomic E-state index is 9.92. The zero-order chi connectivity index (χ0) is 11.0. The number of hydrogen-bond donors (Lipinski definition) is 2. The van der Waals surface area contributed by atoms with Crippen LogP contribution in [-0.2, 0) is 0 Å². The molecule has 78 valence electrons. The molecule has 2 aromatic carbocycles. The predicted octanol–water partition coefficient (Wildman–Crippen LogP) is 2.94. The Balaban J connectivity index is 2.30. The van der Waals surface area contributed by atoms with E-state index in [2.05, 4.69) is 9.97 Å².